The first-order valence-electron chi connectivity index (χ1n) is 9.05. The molecule has 6 heteroatoms. The Morgan fingerprint density at radius 3 is 2.50 bits per heavy atom. The van der Waals surface area contributed by atoms with Crippen molar-refractivity contribution in [1.29, 1.82) is 0 Å². The minimum atomic E-state index is -0.162. The summed E-state index contributed by atoms with van der Waals surface area (Å²) >= 11 is 3.21. The fourth-order valence-electron chi connectivity index (χ4n) is 2.76. The van der Waals surface area contributed by atoms with Crippen LogP contribution < -0.4 is 10.1 Å². The Labute approximate surface area is 174 Å². The summed E-state index contributed by atoms with van der Waals surface area (Å²) in [5.74, 6) is 1.56. The molecule has 1 heterocycles. The smallest absolute Gasteiger partial charge is 0.237 e. The third-order valence-electron chi connectivity index (χ3n) is 4.47. The number of hydrogen-bond acceptors (Lipinski definition) is 5. The van der Waals surface area contributed by atoms with Crippen LogP contribution in [-0.4, -0.2) is 23.3 Å². The highest BCUT2D eigenvalue weighted by molar-refractivity contribution is 7.99. The lowest BCUT2D eigenvalue weighted by Gasteiger charge is -2.15. The van der Waals surface area contributed by atoms with Crippen molar-refractivity contribution in [2.24, 2.45) is 0 Å². The van der Waals surface area contributed by atoms with E-state index in [0.29, 0.717) is 5.75 Å². The average molecular weight is 413 g/mol. The van der Waals surface area contributed by atoms with E-state index >= 15 is 0 Å². The molecule has 4 nitrogen and oxygen atoms in total. The summed E-state index contributed by atoms with van der Waals surface area (Å²) in [5, 5.41) is 5.94. The van der Waals surface area contributed by atoms with E-state index in [1.54, 1.807) is 30.2 Å². The van der Waals surface area contributed by atoms with E-state index in [-0.39, 0.29) is 11.2 Å². The molecule has 0 radical (unpaired) electrons. The minimum absolute atomic E-state index is 0.0213. The molecular formula is C22H24N2O2S2. The molecule has 0 aliphatic heterocycles. The molecule has 1 unspecified atom stereocenters. The van der Waals surface area contributed by atoms with E-state index < -0.39 is 0 Å². The third kappa shape index (κ3) is 4.94. The number of nitrogens with zero attached hydrogens (tertiary/aromatic N) is 1. The summed E-state index contributed by atoms with van der Waals surface area (Å²) in [4.78, 5) is 17.3. The highest BCUT2D eigenvalue weighted by atomic mass is 32.2. The van der Waals surface area contributed by atoms with Gasteiger partial charge in [-0.25, -0.2) is 4.98 Å². The number of hydrogen-bond donors (Lipinski definition) is 1. The molecule has 0 aliphatic carbocycles. The molecule has 2 aromatic carbocycles. The second-order valence-electron chi connectivity index (χ2n) is 6.58. The van der Waals surface area contributed by atoms with Crippen molar-refractivity contribution in [1.82, 2.24) is 4.98 Å². The zero-order valence-corrected chi connectivity index (χ0v) is 18.1. The molecule has 0 saturated heterocycles. The van der Waals surface area contributed by atoms with Crippen molar-refractivity contribution in [3.63, 3.8) is 0 Å². The molecular weight excluding hydrogens is 388 g/mol. The van der Waals surface area contributed by atoms with Gasteiger partial charge in [0.05, 0.1) is 18.1 Å². The van der Waals surface area contributed by atoms with Crippen LogP contribution in [0.25, 0.3) is 10.6 Å². The van der Waals surface area contributed by atoms with Gasteiger partial charge in [0.2, 0.25) is 5.91 Å². The van der Waals surface area contributed by atoms with Gasteiger partial charge in [0.15, 0.2) is 0 Å². The number of aryl methyl sites for hydroxylation is 2. The number of thioether (sulfide) groups is 1. The number of ether oxygens (including phenoxy) is 1. The number of nitrogens with one attached hydrogen (secondary N) is 1. The molecule has 146 valence electrons. The molecule has 0 saturated carbocycles. The normalized spacial score (nSPS) is 11.9. The molecule has 1 amide bonds. The van der Waals surface area contributed by atoms with Crippen molar-refractivity contribution in [2.45, 2.75) is 31.8 Å². The van der Waals surface area contributed by atoms with Gasteiger partial charge in [-0.1, -0.05) is 18.2 Å². The van der Waals surface area contributed by atoms with Gasteiger partial charge in [0.1, 0.15) is 10.8 Å². The number of benzene rings is 2. The molecule has 0 aliphatic rings. The molecule has 1 N–H and O–H groups in total. The van der Waals surface area contributed by atoms with Crippen LogP contribution in [0, 0.1) is 13.8 Å². The maximum absolute atomic E-state index is 12.6. The number of amides is 1. The first kappa shape index (κ1) is 20.4. The zero-order valence-electron chi connectivity index (χ0n) is 16.5. The van der Waals surface area contributed by atoms with Gasteiger partial charge in [-0.15, -0.1) is 23.1 Å². The lowest BCUT2D eigenvalue weighted by atomic mass is 10.1. The Kier molecular flexibility index (Phi) is 6.75. The first-order chi connectivity index (χ1) is 13.5. The molecule has 0 spiro atoms. The number of carbonyl (C=O) groups excluding carboxylic acids is 1. The average Bonchev–Trinajstić information content (AvgIpc) is 3.18. The zero-order chi connectivity index (χ0) is 20.1. The predicted octanol–water partition coefficient (Wildman–Crippen LogP) is 5.70. The number of anilines is 1. The summed E-state index contributed by atoms with van der Waals surface area (Å²) in [7, 11) is 1.66. The Bertz CT molecular complexity index is 931. The molecule has 1 atom stereocenters. The molecule has 3 rings (SSSR count). The lowest BCUT2D eigenvalue weighted by Crippen LogP contribution is -2.23. The molecule has 3 aromatic rings. The van der Waals surface area contributed by atoms with E-state index in [9.17, 15) is 4.79 Å². The number of methoxy groups -OCH3 is 1. The van der Waals surface area contributed by atoms with Gasteiger partial charge in [-0.05, 0) is 56.2 Å². The van der Waals surface area contributed by atoms with Gasteiger partial charge in [-0.2, -0.15) is 0 Å². The lowest BCUT2D eigenvalue weighted by molar-refractivity contribution is -0.115. The van der Waals surface area contributed by atoms with Gasteiger partial charge >= 0.3 is 0 Å². The van der Waals surface area contributed by atoms with E-state index in [1.165, 1.54) is 0 Å². The van der Waals surface area contributed by atoms with Crippen molar-refractivity contribution in [3.05, 3.63) is 64.7 Å². The van der Waals surface area contributed by atoms with E-state index in [2.05, 4.69) is 10.7 Å². The Morgan fingerprint density at radius 2 is 1.86 bits per heavy atom. The SMILES string of the molecule is COc1ccc(-c2nc(CSC(C)C(=O)Nc3c(C)cccc3C)cs2)cc1. The monoisotopic (exact) mass is 412 g/mol. The Morgan fingerprint density at radius 1 is 1.18 bits per heavy atom. The maximum Gasteiger partial charge on any atom is 0.237 e. The summed E-state index contributed by atoms with van der Waals surface area (Å²) < 4.78 is 5.20. The Balaban J connectivity index is 1.58. The Hall–Kier alpha value is -2.31. The van der Waals surface area contributed by atoms with Gasteiger partial charge in [-0.3, -0.25) is 4.79 Å². The van der Waals surface area contributed by atoms with E-state index in [1.807, 2.05) is 63.2 Å². The standard InChI is InChI=1S/C22H24N2O2S2/c1-14-6-5-7-15(2)20(14)24-21(25)16(3)27-12-18-13-28-22(23-18)17-8-10-19(26-4)11-9-17/h5-11,13,16H,12H2,1-4H3,(H,24,25). The summed E-state index contributed by atoms with van der Waals surface area (Å²) in [5.41, 5.74) is 5.13. The second kappa shape index (κ2) is 9.26. The van der Waals surface area contributed by atoms with Crippen LogP contribution in [0.1, 0.15) is 23.7 Å². The molecule has 1 aromatic heterocycles. The highest BCUT2D eigenvalue weighted by Gasteiger charge is 2.16. The molecule has 0 fully saturated rings. The number of thiazole rings is 1. The van der Waals surface area contributed by atoms with Crippen molar-refractivity contribution >= 4 is 34.7 Å². The fraction of sp³-hybridized carbons (Fsp3) is 0.273. The third-order valence-corrected chi connectivity index (χ3v) is 6.59. The van der Waals surface area contributed by atoms with Gasteiger partial charge in [0.25, 0.3) is 0 Å². The van der Waals surface area contributed by atoms with Crippen LogP contribution in [0.15, 0.2) is 47.8 Å². The van der Waals surface area contributed by atoms with Crippen molar-refractivity contribution in [2.75, 3.05) is 12.4 Å². The van der Waals surface area contributed by atoms with Crippen LogP contribution in [0.3, 0.4) is 0 Å². The predicted molar refractivity (Wildman–Crippen MR) is 119 cm³/mol. The van der Waals surface area contributed by atoms with E-state index in [4.69, 9.17) is 9.72 Å². The highest BCUT2D eigenvalue weighted by Crippen LogP contribution is 2.28. The summed E-state index contributed by atoms with van der Waals surface area (Å²) in [6, 6.07) is 13.9. The quantitative estimate of drug-likeness (QED) is 0.541. The summed E-state index contributed by atoms with van der Waals surface area (Å²) in [6.45, 7) is 5.96. The number of carbonyl (C=O) groups is 1. The van der Waals surface area contributed by atoms with Gasteiger partial charge in [0, 0.05) is 22.4 Å². The summed E-state index contributed by atoms with van der Waals surface area (Å²) in [6.07, 6.45) is 0. The van der Waals surface area contributed by atoms with Crippen molar-refractivity contribution < 1.29 is 9.53 Å². The van der Waals surface area contributed by atoms with E-state index in [0.717, 1.165) is 38.8 Å². The topological polar surface area (TPSA) is 51.2 Å². The largest absolute Gasteiger partial charge is 0.497 e. The number of rotatable bonds is 7. The molecule has 28 heavy (non-hydrogen) atoms. The van der Waals surface area contributed by atoms with Crippen LogP contribution in [0.4, 0.5) is 5.69 Å². The second-order valence-corrected chi connectivity index (χ2v) is 8.77. The van der Waals surface area contributed by atoms with Gasteiger partial charge < -0.3 is 10.1 Å². The van der Waals surface area contributed by atoms with Crippen molar-refractivity contribution in [3.8, 4) is 16.3 Å². The minimum Gasteiger partial charge on any atom is -0.497 e. The van der Waals surface area contributed by atoms with Crippen LogP contribution in [0.2, 0.25) is 0 Å². The number of para-hydroxylation sites is 1. The number of aromatic nitrogens is 1. The van der Waals surface area contributed by atoms with Crippen LogP contribution in [0.5, 0.6) is 5.75 Å². The molecule has 0 bridgehead atoms. The van der Waals surface area contributed by atoms with Crippen LogP contribution >= 0.6 is 23.1 Å². The maximum atomic E-state index is 12.6. The first-order valence-corrected chi connectivity index (χ1v) is 11.0. The fourth-order valence-corrected chi connectivity index (χ4v) is 4.47. The van der Waals surface area contributed by atoms with Crippen LogP contribution in [-0.2, 0) is 10.5 Å².